The van der Waals surface area contributed by atoms with Crippen molar-refractivity contribution in [2.24, 2.45) is 0 Å². The van der Waals surface area contributed by atoms with E-state index in [4.69, 9.17) is 0 Å². The summed E-state index contributed by atoms with van der Waals surface area (Å²) in [5, 5.41) is 7.76. The molecule has 9 aromatic carbocycles. The van der Waals surface area contributed by atoms with Crippen LogP contribution in [-0.2, 0) is 0 Å². The zero-order valence-electron chi connectivity index (χ0n) is 29.8. The molecule has 0 saturated carbocycles. The van der Waals surface area contributed by atoms with Gasteiger partial charge in [-0.2, -0.15) is 0 Å². The van der Waals surface area contributed by atoms with Crippen LogP contribution in [0.3, 0.4) is 0 Å². The zero-order valence-corrected chi connectivity index (χ0v) is 31.4. The number of hydrogen-bond acceptors (Lipinski definition) is 3. The molecule has 11 aromatic rings. The minimum absolute atomic E-state index is 1.11. The van der Waals surface area contributed by atoms with Gasteiger partial charge < -0.3 is 4.90 Å². The van der Waals surface area contributed by atoms with Crippen LogP contribution in [0.5, 0.6) is 0 Å². The van der Waals surface area contributed by atoms with E-state index >= 15 is 0 Å². The molecule has 0 saturated heterocycles. The van der Waals surface area contributed by atoms with Crippen LogP contribution in [-0.4, -0.2) is 0 Å². The quantitative estimate of drug-likeness (QED) is 0.164. The van der Waals surface area contributed by atoms with Crippen molar-refractivity contribution >= 4 is 90.9 Å². The van der Waals surface area contributed by atoms with Gasteiger partial charge in [-0.05, 0) is 87.1 Å². The molecule has 0 fully saturated rings. The fourth-order valence-corrected chi connectivity index (χ4v) is 10.7. The van der Waals surface area contributed by atoms with Crippen LogP contribution < -0.4 is 4.90 Å². The number of hydrogen-bond donors (Lipinski definition) is 0. The summed E-state index contributed by atoms with van der Waals surface area (Å²) in [5.41, 5.74) is 10.7. The first-order valence-electron chi connectivity index (χ1n) is 18.7. The maximum absolute atomic E-state index is 2.44. The summed E-state index contributed by atoms with van der Waals surface area (Å²) >= 11 is 3.75. The summed E-state index contributed by atoms with van der Waals surface area (Å²) in [6, 6.07) is 73.4. The summed E-state index contributed by atoms with van der Waals surface area (Å²) < 4.78 is 5.28. The van der Waals surface area contributed by atoms with Crippen LogP contribution in [0, 0.1) is 0 Å². The molecule has 0 N–H and O–H groups in total. The summed E-state index contributed by atoms with van der Waals surface area (Å²) in [5.74, 6) is 0. The Balaban J connectivity index is 1.10. The highest BCUT2D eigenvalue weighted by molar-refractivity contribution is 7.26. The number of para-hydroxylation sites is 1. The lowest BCUT2D eigenvalue weighted by Crippen LogP contribution is -2.11. The van der Waals surface area contributed by atoms with Gasteiger partial charge in [-0.3, -0.25) is 0 Å². The molecule has 0 amide bonds. The van der Waals surface area contributed by atoms with Crippen molar-refractivity contribution in [2.75, 3.05) is 4.90 Å². The molecule has 0 aliphatic rings. The SMILES string of the molecule is c1cc(-c2cccc3c2sc2ccccc23)cc(N(c2ccc(-c3cccc4sc5ccccc5c34)cc2)c2ccccc2-c2cccc3ccccc23)c1. The van der Waals surface area contributed by atoms with E-state index in [1.807, 2.05) is 22.7 Å². The van der Waals surface area contributed by atoms with Crippen molar-refractivity contribution in [2.45, 2.75) is 0 Å². The zero-order chi connectivity index (χ0) is 36.3. The highest BCUT2D eigenvalue weighted by Crippen LogP contribution is 2.46. The third-order valence-electron chi connectivity index (χ3n) is 10.9. The summed E-state index contributed by atoms with van der Waals surface area (Å²) in [6.07, 6.45) is 0. The second-order valence-corrected chi connectivity index (χ2v) is 16.2. The summed E-state index contributed by atoms with van der Waals surface area (Å²) in [4.78, 5) is 2.44. The lowest BCUT2D eigenvalue weighted by Gasteiger charge is -2.29. The van der Waals surface area contributed by atoms with Gasteiger partial charge in [0.1, 0.15) is 0 Å². The highest BCUT2D eigenvalue weighted by Gasteiger charge is 2.20. The van der Waals surface area contributed by atoms with Crippen LogP contribution in [0.15, 0.2) is 200 Å². The van der Waals surface area contributed by atoms with E-state index in [1.165, 1.54) is 84.5 Å². The third-order valence-corrected chi connectivity index (χ3v) is 13.2. The monoisotopic (exact) mass is 735 g/mol. The number of thiophene rings is 2. The van der Waals surface area contributed by atoms with Gasteiger partial charge in [0.2, 0.25) is 0 Å². The molecule has 0 radical (unpaired) electrons. The van der Waals surface area contributed by atoms with Crippen molar-refractivity contribution in [3.05, 3.63) is 200 Å². The molecule has 0 bridgehead atoms. The number of anilines is 3. The van der Waals surface area contributed by atoms with Gasteiger partial charge in [-0.15, -0.1) is 22.7 Å². The molecule has 55 heavy (non-hydrogen) atoms. The van der Waals surface area contributed by atoms with E-state index < -0.39 is 0 Å². The average Bonchev–Trinajstić information content (AvgIpc) is 3.83. The fraction of sp³-hybridized carbons (Fsp3) is 0. The van der Waals surface area contributed by atoms with Gasteiger partial charge in [-0.25, -0.2) is 0 Å². The predicted octanol–water partition coefficient (Wildman–Crippen LogP) is 16.0. The van der Waals surface area contributed by atoms with E-state index in [9.17, 15) is 0 Å². The lowest BCUT2D eigenvalue weighted by atomic mass is 9.95. The molecule has 258 valence electrons. The molecule has 2 aromatic heterocycles. The number of benzene rings is 9. The second kappa shape index (κ2) is 13.1. The maximum Gasteiger partial charge on any atom is 0.0540 e. The maximum atomic E-state index is 2.44. The minimum Gasteiger partial charge on any atom is -0.310 e. The first-order chi connectivity index (χ1) is 27.3. The van der Waals surface area contributed by atoms with Crippen molar-refractivity contribution in [3.8, 4) is 33.4 Å². The Hall–Kier alpha value is -6.52. The van der Waals surface area contributed by atoms with Crippen LogP contribution in [0.1, 0.15) is 0 Å². The van der Waals surface area contributed by atoms with Crippen LogP contribution >= 0.6 is 22.7 Å². The molecule has 3 heteroatoms. The van der Waals surface area contributed by atoms with Crippen LogP contribution in [0.4, 0.5) is 17.1 Å². The van der Waals surface area contributed by atoms with Crippen molar-refractivity contribution < 1.29 is 0 Å². The summed E-state index contributed by atoms with van der Waals surface area (Å²) in [6.45, 7) is 0. The first-order valence-corrected chi connectivity index (χ1v) is 20.3. The largest absolute Gasteiger partial charge is 0.310 e. The second-order valence-electron chi connectivity index (χ2n) is 14.0. The van der Waals surface area contributed by atoms with E-state index in [-0.39, 0.29) is 0 Å². The van der Waals surface area contributed by atoms with E-state index in [0.717, 1.165) is 17.1 Å². The number of nitrogens with zero attached hydrogens (tertiary/aromatic N) is 1. The molecule has 0 spiro atoms. The van der Waals surface area contributed by atoms with E-state index in [0.29, 0.717) is 0 Å². The predicted molar refractivity (Wildman–Crippen MR) is 241 cm³/mol. The van der Waals surface area contributed by atoms with Gasteiger partial charge in [0.05, 0.1) is 5.69 Å². The van der Waals surface area contributed by atoms with Gasteiger partial charge in [0.15, 0.2) is 0 Å². The van der Waals surface area contributed by atoms with Crippen LogP contribution in [0.25, 0.3) is 84.5 Å². The Bertz CT molecular complexity index is 3220. The summed E-state index contributed by atoms with van der Waals surface area (Å²) in [7, 11) is 0. The molecule has 0 aliphatic carbocycles. The Labute approximate surface area is 327 Å². The number of rotatable bonds is 6. The molecule has 0 unspecified atom stereocenters. The molecule has 1 nitrogen and oxygen atoms in total. The van der Waals surface area contributed by atoms with E-state index in [2.05, 4.69) is 205 Å². The van der Waals surface area contributed by atoms with Gasteiger partial charge in [0.25, 0.3) is 0 Å². The Morgan fingerprint density at radius 3 is 1.82 bits per heavy atom. The van der Waals surface area contributed by atoms with Crippen molar-refractivity contribution in [1.82, 2.24) is 0 Å². The van der Waals surface area contributed by atoms with Gasteiger partial charge in [-0.1, -0.05) is 152 Å². The normalized spacial score (nSPS) is 11.6. The highest BCUT2D eigenvalue weighted by atomic mass is 32.1. The lowest BCUT2D eigenvalue weighted by molar-refractivity contribution is 1.28. The third kappa shape index (κ3) is 5.35. The fourth-order valence-electron chi connectivity index (χ4n) is 8.38. The Morgan fingerprint density at radius 1 is 0.327 bits per heavy atom. The average molecular weight is 736 g/mol. The van der Waals surface area contributed by atoms with Gasteiger partial charge in [0, 0.05) is 57.3 Å². The van der Waals surface area contributed by atoms with E-state index in [1.54, 1.807) is 0 Å². The smallest absolute Gasteiger partial charge is 0.0540 e. The van der Waals surface area contributed by atoms with Crippen LogP contribution in [0.2, 0.25) is 0 Å². The van der Waals surface area contributed by atoms with Crippen molar-refractivity contribution in [1.29, 1.82) is 0 Å². The minimum atomic E-state index is 1.11. The molecule has 0 aliphatic heterocycles. The molecular weight excluding hydrogens is 703 g/mol. The first kappa shape index (κ1) is 32.0. The standard InChI is InChI=1S/C52H33NS2/c1-2-17-39-34(13-1)14-10-23-42(39)43-18-3-6-25-47(43)53(37-31-29-35(30-32-37)40-21-12-28-50-51(40)46-20-5-8-27-49(46)54-50)38-16-9-15-36(33-38)41-22-11-24-45-44-19-4-7-26-48(44)55-52(41)45/h1-33H. The molecule has 2 heterocycles. The molecular formula is C52H33NS2. The van der Waals surface area contributed by atoms with Crippen molar-refractivity contribution in [3.63, 3.8) is 0 Å². The Kier molecular flexibility index (Phi) is 7.61. The Morgan fingerprint density at radius 2 is 0.927 bits per heavy atom. The molecule has 0 atom stereocenters. The number of fused-ring (bicyclic) bond motifs is 7. The topological polar surface area (TPSA) is 3.24 Å². The van der Waals surface area contributed by atoms with Gasteiger partial charge >= 0.3 is 0 Å². The molecule has 11 rings (SSSR count).